The van der Waals surface area contributed by atoms with Gasteiger partial charge in [0.15, 0.2) is 0 Å². The molecule has 2 aliphatic rings. The summed E-state index contributed by atoms with van der Waals surface area (Å²) < 4.78 is 18.5. The molecule has 2 fully saturated rings. The highest BCUT2D eigenvalue weighted by Crippen LogP contribution is 2.40. The van der Waals surface area contributed by atoms with Crippen LogP contribution in [0.2, 0.25) is 0 Å². The van der Waals surface area contributed by atoms with E-state index in [9.17, 15) is 14.0 Å². The van der Waals surface area contributed by atoms with Gasteiger partial charge >= 0.3 is 0 Å². The summed E-state index contributed by atoms with van der Waals surface area (Å²) in [5.74, 6) is 0.679. The summed E-state index contributed by atoms with van der Waals surface area (Å²) in [7, 11) is 0. The summed E-state index contributed by atoms with van der Waals surface area (Å²) in [5.41, 5.74) is 0.648. The van der Waals surface area contributed by atoms with Gasteiger partial charge in [-0.15, -0.1) is 0 Å². The third kappa shape index (κ3) is 5.29. The quantitative estimate of drug-likeness (QED) is 0.614. The maximum absolute atomic E-state index is 13.3. The second-order valence-corrected chi connectivity index (χ2v) is 8.74. The number of rotatable bonds is 8. The third-order valence-electron chi connectivity index (χ3n) is 6.60. The second kappa shape index (κ2) is 10.6. The zero-order chi connectivity index (χ0) is 22.3. The Morgan fingerprint density at radius 1 is 1.00 bits per heavy atom. The van der Waals surface area contributed by atoms with Crippen LogP contribution in [0, 0.1) is 11.7 Å². The molecule has 0 spiro atoms. The number of nitrogens with one attached hydrogen (secondary N) is 1. The van der Waals surface area contributed by atoms with Crippen molar-refractivity contribution in [3.63, 3.8) is 0 Å². The van der Waals surface area contributed by atoms with E-state index in [1.807, 2.05) is 35.2 Å². The van der Waals surface area contributed by atoms with Crippen LogP contribution >= 0.6 is 0 Å². The van der Waals surface area contributed by atoms with Crippen molar-refractivity contribution in [3.8, 4) is 5.75 Å². The smallest absolute Gasteiger partial charge is 0.254 e. The zero-order valence-corrected chi connectivity index (χ0v) is 18.3. The maximum atomic E-state index is 13.3. The lowest BCUT2D eigenvalue weighted by molar-refractivity contribution is -0.125. The van der Waals surface area contributed by atoms with Crippen molar-refractivity contribution in [2.75, 3.05) is 13.2 Å². The van der Waals surface area contributed by atoms with Gasteiger partial charge in [-0.3, -0.25) is 9.59 Å². The lowest BCUT2D eigenvalue weighted by Crippen LogP contribution is -2.49. The fourth-order valence-corrected chi connectivity index (χ4v) is 4.99. The first-order chi connectivity index (χ1) is 15.6. The molecule has 1 aliphatic carbocycles. The van der Waals surface area contributed by atoms with Crippen molar-refractivity contribution in [2.45, 2.75) is 57.0 Å². The van der Waals surface area contributed by atoms with Crippen LogP contribution in [0.15, 0.2) is 54.6 Å². The van der Waals surface area contributed by atoms with Crippen LogP contribution in [0.5, 0.6) is 5.75 Å². The SMILES string of the molecule is O=C(NCCCCOc1ccc(F)cc1)C1CC2CCCCC2N1C(=O)c1ccccc1. The number of carbonyl (C=O) groups is 2. The molecule has 5 nitrogen and oxygen atoms in total. The Morgan fingerprint density at radius 2 is 1.75 bits per heavy atom. The summed E-state index contributed by atoms with van der Waals surface area (Å²) in [6.07, 6.45) is 6.67. The Morgan fingerprint density at radius 3 is 2.53 bits per heavy atom. The molecule has 1 aliphatic heterocycles. The number of unbranched alkanes of at least 4 members (excludes halogenated alkanes) is 1. The molecule has 0 aromatic heterocycles. The Hall–Kier alpha value is -2.89. The number of halogens is 1. The molecule has 3 unspecified atom stereocenters. The Balaban J connectivity index is 1.29. The van der Waals surface area contributed by atoms with Gasteiger partial charge in [-0.05, 0) is 74.4 Å². The molecule has 1 saturated heterocycles. The van der Waals surface area contributed by atoms with E-state index in [1.54, 1.807) is 12.1 Å². The highest BCUT2D eigenvalue weighted by atomic mass is 19.1. The molecule has 170 valence electrons. The number of likely N-dealkylation sites (tertiary alicyclic amines) is 1. The highest BCUT2D eigenvalue weighted by molar-refractivity contribution is 5.98. The van der Waals surface area contributed by atoms with Crippen LogP contribution in [0.3, 0.4) is 0 Å². The van der Waals surface area contributed by atoms with Crippen LogP contribution in [0.1, 0.15) is 55.3 Å². The van der Waals surface area contributed by atoms with Gasteiger partial charge in [0.2, 0.25) is 5.91 Å². The number of hydrogen-bond donors (Lipinski definition) is 1. The fourth-order valence-electron chi connectivity index (χ4n) is 4.99. The average molecular weight is 439 g/mol. The largest absolute Gasteiger partial charge is 0.494 e. The Labute approximate surface area is 188 Å². The standard InChI is InChI=1S/C26H31FN2O3/c27-21-12-14-22(15-13-21)32-17-7-6-16-28-25(30)24-18-20-10-4-5-11-23(20)29(24)26(31)19-8-2-1-3-9-19/h1-3,8-9,12-15,20,23-24H,4-7,10-11,16-18H2,(H,28,30). The second-order valence-electron chi connectivity index (χ2n) is 8.74. The summed E-state index contributed by atoms with van der Waals surface area (Å²) in [4.78, 5) is 28.2. The Bertz CT molecular complexity index is 903. The molecule has 2 amide bonds. The van der Waals surface area contributed by atoms with Gasteiger partial charge in [-0.1, -0.05) is 31.0 Å². The topological polar surface area (TPSA) is 58.6 Å². The van der Waals surface area contributed by atoms with E-state index in [0.29, 0.717) is 30.4 Å². The van der Waals surface area contributed by atoms with Gasteiger partial charge in [0.05, 0.1) is 6.61 Å². The Kier molecular flexibility index (Phi) is 7.40. The summed E-state index contributed by atoms with van der Waals surface area (Å²) in [6.45, 7) is 1.05. The lowest BCUT2D eigenvalue weighted by atomic mass is 9.84. The van der Waals surface area contributed by atoms with E-state index in [1.165, 1.54) is 18.6 Å². The molecule has 0 bridgehead atoms. The van der Waals surface area contributed by atoms with Crippen LogP contribution < -0.4 is 10.1 Å². The molecule has 0 radical (unpaired) electrons. The molecule has 3 atom stereocenters. The van der Waals surface area contributed by atoms with E-state index in [2.05, 4.69) is 5.32 Å². The van der Waals surface area contributed by atoms with Crippen molar-refractivity contribution in [2.24, 2.45) is 5.92 Å². The predicted molar refractivity (Wildman–Crippen MR) is 121 cm³/mol. The first-order valence-corrected chi connectivity index (χ1v) is 11.7. The minimum Gasteiger partial charge on any atom is -0.494 e. The van der Waals surface area contributed by atoms with Gasteiger partial charge < -0.3 is 15.0 Å². The predicted octanol–water partition coefficient (Wildman–Crippen LogP) is 4.57. The summed E-state index contributed by atoms with van der Waals surface area (Å²) >= 11 is 0. The number of amides is 2. The van der Waals surface area contributed by atoms with Crippen LogP contribution in [0.25, 0.3) is 0 Å². The summed E-state index contributed by atoms with van der Waals surface area (Å²) in [5, 5.41) is 3.04. The maximum Gasteiger partial charge on any atom is 0.254 e. The number of nitrogens with zero attached hydrogens (tertiary/aromatic N) is 1. The van der Waals surface area contributed by atoms with E-state index in [0.717, 1.165) is 38.5 Å². The van der Waals surface area contributed by atoms with Crippen molar-refractivity contribution in [3.05, 3.63) is 66.0 Å². The van der Waals surface area contributed by atoms with E-state index >= 15 is 0 Å². The van der Waals surface area contributed by atoms with E-state index < -0.39 is 6.04 Å². The normalized spacial score (nSPS) is 22.3. The van der Waals surface area contributed by atoms with Gasteiger partial charge in [0.1, 0.15) is 17.6 Å². The van der Waals surface area contributed by atoms with E-state index in [4.69, 9.17) is 4.74 Å². The van der Waals surface area contributed by atoms with Gasteiger partial charge in [0.25, 0.3) is 5.91 Å². The minimum absolute atomic E-state index is 0.0344. The highest BCUT2D eigenvalue weighted by Gasteiger charge is 2.47. The van der Waals surface area contributed by atoms with Crippen LogP contribution in [0.4, 0.5) is 4.39 Å². The first kappa shape index (κ1) is 22.3. The van der Waals surface area contributed by atoms with Crippen LogP contribution in [-0.2, 0) is 4.79 Å². The summed E-state index contributed by atoms with van der Waals surface area (Å²) in [6, 6.07) is 15.0. The average Bonchev–Trinajstić information content (AvgIpc) is 3.22. The van der Waals surface area contributed by atoms with Crippen molar-refractivity contribution < 1.29 is 18.7 Å². The monoisotopic (exact) mass is 438 g/mol. The third-order valence-corrected chi connectivity index (χ3v) is 6.60. The molecule has 2 aromatic carbocycles. The molecule has 1 heterocycles. The van der Waals surface area contributed by atoms with Gasteiger partial charge in [0, 0.05) is 18.2 Å². The number of carbonyl (C=O) groups excluding carboxylic acids is 2. The van der Waals surface area contributed by atoms with Crippen LogP contribution in [-0.4, -0.2) is 41.9 Å². The zero-order valence-electron chi connectivity index (χ0n) is 18.3. The van der Waals surface area contributed by atoms with Gasteiger partial charge in [-0.25, -0.2) is 4.39 Å². The molecular formula is C26H31FN2O3. The van der Waals surface area contributed by atoms with Crippen molar-refractivity contribution in [1.82, 2.24) is 10.2 Å². The number of fused-ring (bicyclic) bond motifs is 1. The van der Waals surface area contributed by atoms with Crippen molar-refractivity contribution in [1.29, 1.82) is 0 Å². The first-order valence-electron chi connectivity index (χ1n) is 11.7. The lowest BCUT2D eigenvalue weighted by Gasteiger charge is -2.33. The number of hydrogen-bond acceptors (Lipinski definition) is 3. The molecule has 1 N–H and O–H groups in total. The molecular weight excluding hydrogens is 407 g/mol. The van der Waals surface area contributed by atoms with Gasteiger partial charge in [-0.2, -0.15) is 0 Å². The minimum atomic E-state index is -0.397. The van der Waals surface area contributed by atoms with Crippen molar-refractivity contribution >= 4 is 11.8 Å². The number of benzene rings is 2. The molecule has 6 heteroatoms. The molecule has 4 rings (SSSR count). The van der Waals surface area contributed by atoms with E-state index in [-0.39, 0.29) is 23.7 Å². The molecule has 32 heavy (non-hydrogen) atoms. The fraction of sp³-hybridized carbons (Fsp3) is 0.462. The number of ether oxygens (including phenoxy) is 1. The molecule has 1 saturated carbocycles. The molecule has 2 aromatic rings.